The second-order valence-electron chi connectivity index (χ2n) is 8.16. The van der Waals surface area contributed by atoms with Crippen LogP contribution in [0.15, 0.2) is 12.7 Å². The molecule has 1 aromatic rings. The van der Waals surface area contributed by atoms with Crippen LogP contribution in [-0.2, 0) is 9.63 Å². The monoisotopic (exact) mass is 349 g/mol. The summed E-state index contributed by atoms with van der Waals surface area (Å²) in [6.07, 6.45) is 8.47. The third-order valence-electron chi connectivity index (χ3n) is 4.71. The number of unbranched alkanes of at least 4 members (excludes halogenated alkanes) is 1. The zero-order chi connectivity index (χ0) is 18.5. The minimum Gasteiger partial charge on any atom is -0.367 e. The van der Waals surface area contributed by atoms with Crippen LogP contribution in [0, 0.1) is 5.92 Å². The summed E-state index contributed by atoms with van der Waals surface area (Å²) in [6.45, 7) is 11.0. The Bertz CT molecular complexity index is 544. The molecular weight excluding hydrogens is 318 g/mol. The normalized spacial score (nSPS) is 20.2. The third kappa shape index (κ3) is 5.63. The van der Waals surface area contributed by atoms with E-state index in [2.05, 4.69) is 48.0 Å². The molecule has 1 fully saturated rings. The van der Waals surface area contributed by atoms with Crippen LogP contribution in [0.4, 0.5) is 5.95 Å². The predicted molar refractivity (Wildman–Crippen MR) is 96.7 cm³/mol. The Morgan fingerprint density at radius 2 is 1.80 bits per heavy atom. The highest BCUT2D eigenvalue weighted by atomic mass is 16.7. The molecule has 7 heteroatoms. The first kappa shape index (κ1) is 19.6. The van der Waals surface area contributed by atoms with Gasteiger partial charge in [-0.2, -0.15) is 0 Å². The Morgan fingerprint density at radius 3 is 2.36 bits per heavy atom. The highest BCUT2D eigenvalue weighted by Gasteiger charge is 2.47. The second-order valence-corrected chi connectivity index (χ2v) is 8.16. The molecule has 1 N–H and O–H groups in total. The zero-order valence-electron chi connectivity index (χ0n) is 16.1. The van der Waals surface area contributed by atoms with Crippen molar-refractivity contribution in [1.82, 2.24) is 20.0 Å². The van der Waals surface area contributed by atoms with E-state index in [4.69, 9.17) is 4.84 Å². The molecule has 0 bridgehead atoms. The zero-order valence-corrected chi connectivity index (χ0v) is 16.1. The number of carbonyl (C=O) groups excluding carboxylic acids is 1. The molecule has 0 aliphatic carbocycles. The summed E-state index contributed by atoms with van der Waals surface area (Å²) in [7, 11) is 0. The van der Waals surface area contributed by atoms with Gasteiger partial charge in [0.2, 0.25) is 5.95 Å². The van der Waals surface area contributed by atoms with Crippen molar-refractivity contribution in [3.05, 3.63) is 12.7 Å². The lowest BCUT2D eigenvalue weighted by Crippen LogP contribution is -2.60. The number of nitrogens with zero attached hydrogens (tertiary/aromatic N) is 4. The molecule has 140 valence electrons. The Kier molecular flexibility index (Phi) is 6.32. The van der Waals surface area contributed by atoms with E-state index in [1.54, 1.807) is 0 Å². The van der Waals surface area contributed by atoms with Crippen LogP contribution in [0.1, 0.15) is 66.7 Å². The first-order valence-corrected chi connectivity index (χ1v) is 9.05. The van der Waals surface area contributed by atoms with E-state index in [9.17, 15) is 4.79 Å². The Labute approximate surface area is 150 Å². The lowest BCUT2D eigenvalue weighted by Gasteiger charge is -2.53. The largest absolute Gasteiger partial charge is 0.367 e. The van der Waals surface area contributed by atoms with E-state index in [-0.39, 0.29) is 17.0 Å². The van der Waals surface area contributed by atoms with Crippen molar-refractivity contribution in [3.63, 3.8) is 0 Å². The fourth-order valence-corrected chi connectivity index (χ4v) is 4.14. The molecule has 2 rings (SSSR count). The molecule has 25 heavy (non-hydrogen) atoms. The highest BCUT2D eigenvalue weighted by molar-refractivity contribution is 5.65. The number of piperidine rings is 1. The molecule has 0 unspecified atom stereocenters. The van der Waals surface area contributed by atoms with E-state index >= 15 is 0 Å². The van der Waals surface area contributed by atoms with E-state index in [0.717, 1.165) is 32.2 Å². The van der Waals surface area contributed by atoms with E-state index < -0.39 is 0 Å². The molecule has 1 saturated heterocycles. The maximum atomic E-state index is 11.4. The van der Waals surface area contributed by atoms with Crippen molar-refractivity contribution in [2.75, 3.05) is 11.9 Å². The number of hydrogen-bond donors (Lipinski definition) is 1. The predicted octanol–water partition coefficient (Wildman–Crippen LogP) is 3.20. The number of hydrogen-bond acceptors (Lipinski definition) is 7. The Hall–Kier alpha value is -1.76. The summed E-state index contributed by atoms with van der Waals surface area (Å²) >= 11 is 0. The first-order valence-electron chi connectivity index (χ1n) is 9.05. The molecule has 0 saturated carbocycles. The molecule has 7 nitrogen and oxygen atoms in total. The molecule has 1 aromatic heterocycles. The number of carbonyl (C=O) groups is 1. The van der Waals surface area contributed by atoms with Gasteiger partial charge in [0.05, 0.1) is 11.1 Å². The van der Waals surface area contributed by atoms with Crippen molar-refractivity contribution >= 4 is 11.9 Å². The summed E-state index contributed by atoms with van der Waals surface area (Å²) < 4.78 is 0. The second kappa shape index (κ2) is 8.08. The molecule has 1 aliphatic rings. The van der Waals surface area contributed by atoms with Gasteiger partial charge in [-0.15, -0.1) is 5.06 Å². The van der Waals surface area contributed by atoms with Crippen LogP contribution in [0.25, 0.3) is 0 Å². The van der Waals surface area contributed by atoms with Crippen LogP contribution in [0.3, 0.4) is 0 Å². The Morgan fingerprint density at radius 1 is 1.20 bits per heavy atom. The number of hydroxylamine groups is 2. The molecule has 0 amide bonds. The van der Waals surface area contributed by atoms with Crippen LogP contribution in [0.5, 0.6) is 0 Å². The maximum Gasteiger partial charge on any atom is 0.322 e. The van der Waals surface area contributed by atoms with Gasteiger partial charge >= 0.3 is 5.97 Å². The lowest BCUT2D eigenvalue weighted by molar-refractivity contribution is -0.270. The number of rotatable bonds is 7. The number of nitrogens with one attached hydrogen (secondary N) is 1. The Balaban J connectivity index is 1.78. The SMILES string of the molecule is CC(=O)ON1C(C)(C)CC(CCCCNc2ncncn2)CC1(C)C. The standard InChI is InChI=1S/C18H31N5O2/c1-14(24)25-23-17(2,3)10-15(11-18(23,4)5)8-6-7-9-20-16-21-12-19-13-22-16/h12-13,15H,6-11H2,1-5H3,(H,19,20,21,22). The topological polar surface area (TPSA) is 80.2 Å². The molecule has 0 spiro atoms. The highest BCUT2D eigenvalue weighted by Crippen LogP contribution is 2.43. The van der Waals surface area contributed by atoms with Gasteiger partial charge in [-0.25, -0.2) is 15.0 Å². The van der Waals surface area contributed by atoms with Gasteiger partial charge in [-0.3, -0.25) is 4.79 Å². The van der Waals surface area contributed by atoms with Crippen LogP contribution in [-0.4, -0.2) is 43.6 Å². The maximum absolute atomic E-state index is 11.4. The van der Waals surface area contributed by atoms with Crippen molar-refractivity contribution in [3.8, 4) is 0 Å². The summed E-state index contributed by atoms with van der Waals surface area (Å²) in [5.74, 6) is 1.02. The first-order chi connectivity index (χ1) is 11.7. The summed E-state index contributed by atoms with van der Waals surface area (Å²) in [6, 6.07) is 0. The average Bonchev–Trinajstić information content (AvgIpc) is 2.51. The van der Waals surface area contributed by atoms with E-state index in [1.165, 1.54) is 26.0 Å². The van der Waals surface area contributed by atoms with E-state index in [0.29, 0.717) is 11.9 Å². The minimum atomic E-state index is -0.246. The van der Waals surface area contributed by atoms with Gasteiger partial charge in [0.1, 0.15) is 12.7 Å². The summed E-state index contributed by atoms with van der Waals surface area (Å²) in [5, 5.41) is 5.12. The fourth-order valence-electron chi connectivity index (χ4n) is 4.14. The molecule has 0 atom stereocenters. The van der Waals surface area contributed by atoms with Gasteiger partial charge in [0.15, 0.2) is 0 Å². The minimum absolute atomic E-state index is 0.152. The molecular formula is C18H31N5O2. The third-order valence-corrected chi connectivity index (χ3v) is 4.71. The smallest absolute Gasteiger partial charge is 0.322 e. The molecule has 1 aliphatic heterocycles. The van der Waals surface area contributed by atoms with Gasteiger partial charge in [0, 0.05) is 13.5 Å². The summed E-state index contributed by atoms with van der Waals surface area (Å²) in [4.78, 5) is 28.9. The lowest BCUT2D eigenvalue weighted by atomic mass is 9.73. The van der Waals surface area contributed by atoms with Crippen LogP contribution in [0.2, 0.25) is 0 Å². The average molecular weight is 349 g/mol. The quantitative estimate of drug-likeness (QED) is 0.757. The van der Waals surface area contributed by atoms with Crippen molar-refractivity contribution in [2.45, 2.75) is 77.8 Å². The number of anilines is 1. The molecule has 0 aromatic carbocycles. The van der Waals surface area contributed by atoms with Crippen LogP contribution >= 0.6 is 0 Å². The van der Waals surface area contributed by atoms with Crippen LogP contribution < -0.4 is 5.32 Å². The van der Waals surface area contributed by atoms with Crippen molar-refractivity contribution in [2.24, 2.45) is 5.92 Å². The van der Waals surface area contributed by atoms with Gasteiger partial charge < -0.3 is 10.2 Å². The van der Waals surface area contributed by atoms with E-state index in [1.807, 2.05) is 5.06 Å². The van der Waals surface area contributed by atoms with Crippen molar-refractivity contribution < 1.29 is 9.63 Å². The summed E-state index contributed by atoms with van der Waals surface area (Å²) in [5.41, 5.74) is -0.303. The molecule has 0 radical (unpaired) electrons. The van der Waals surface area contributed by atoms with Gasteiger partial charge in [-0.05, 0) is 52.9 Å². The van der Waals surface area contributed by atoms with Gasteiger partial charge in [-0.1, -0.05) is 12.8 Å². The molecule has 2 heterocycles. The fraction of sp³-hybridized carbons (Fsp3) is 0.778. The number of aromatic nitrogens is 3. The van der Waals surface area contributed by atoms with Crippen molar-refractivity contribution in [1.29, 1.82) is 0 Å². The van der Waals surface area contributed by atoms with Gasteiger partial charge in [0.25, 0.3) is 0 Å².